The first-order valence-electron chi connectivity index (χ1n) is 16.5. The zero-order valence-corrected chi connectivity index (χ0v) is 27.3. The summed E-state index contributed by atoms with van der Waals surface area (Å²) in [7, 11) is 2.06. The highest BCUT2D eigenvalue weighted by Crippen LogP contribution is 2.33. The van der Waals surface area contributed by atoms with Crippen LogP contribution >= 0.6 is 11.6 Å². The number of halogens is 1. The lowest BCUT2D eigenvalue weighted by atomic mass is 9.90. The topological polar surface area (TPSA) is 106 Å². The van der Waals surface area contributed by atoms with Gasteiger partial charge in [0, 0.05) is 68.8 Å². The summed E-state index contributed by atoms with van der Waals surface area (Å²) in [5, 5.41) is 12.9. The Morgan fingerprint density at radius 2 is 1.57 bits per heavy atom. The van der Waals surface area contributed by atoms with Gasteiger partial charge in [-0.15, -0.1) is 0 Å². The van der Waals surface area contributed by atoms with Crippen LogP contribution in [0.25, 0.3) is 0 Å². The first-order valence-corrected chi connectivity index (χ1v) is 16.9. The number of carbonyl (C=O) groups excluding carboxylic acids is 3. The monoisotopic (exact) mass is 651 g/mol. The number of nitrogens with one attached hydrogen (secondary N) is 1. The number of amides is 1. The fourth-order valence-electron chi connectivity index (χ4n) is 7.65. The maximum Gasteiger partial charge on any atom is 0.346 e. The number of benzene rings is 3. The largest absolute Gasteiger partial charge is 0.386 e. The van der Waals surface area contributed by atoms with E-state index in [0.29, 0.717) is 39.2 Å². The third-order valence-electron chi connectivity index (χ3n) is 10.4. The van der Waals surface area contributed by atoms with E-state index >= 15 is 0 Å². The highest BCUT2D eigenvalue weighted by molar-refractivity contribution is 6.32. The van der Waals surface area contributed by atoms with Crippen LogP contribution in [0.3, 0.4) is 0 Å². The van der Waals surface area contributed by atoms with E-state index in [-0.39, 0.29) is 11.9 Å². The average molecular weight is 652 g/mol. The second kappa shape index (κ2) is 13.0. The SMILES string of the molecule is CN(c1ccc(C#N)c(Cl)c1)C1CCC(NC(=O)c2ccc(N3CCC(CN4Cc5cc6c(cc5C4)C(=O)OC6=O)CC3)cc2)CC1. The van der Waals surface area contributed by atoms with Crippen LogP contribution in [-0.2, 0) is 17.8 Å². The minimum absolute atomic E-state index is 0.0240. The molecule has 9 nitrogen and oxygen atoms in total. The van der Waals surface area contributed by atoms with Crippen LogP contribution in [0.4, 0.5) is 11.4 Å². The number of nitrogens with zero attached hydrogens (tertiary/aromatic N) is 4. The number of nitriles is 1. The molecule has 1 amide bonds. The minimum atomic E-state index is -0.539. The molecule has 10 heteroatoms. The molecule has 0 spiro atoms. The van der Waals surface area contributed by atoms with Gasteiger partial charge in [-0.05, 0) is 110 Å². The lowest BCUT2D eigenvalue weighted by Crippen LogP contribution is -2.43. The van der Waals surface area contributed by atoms with Crippen molar-refractivity contribution in [2.24, 2.45) is 5.92 Å². The van der Waals surface area contributed by atoms with Gasteiger partial charge in [-0.1, -0.05) is 11.6 Å². The molecule has 0 unspecified atom stereocenters. The number of carbonyl (C=O) groups is 3. The van der Waals surface area contributed by atoms with Gasteiger partial charge in [0.15, 0.2) is 0 Å². The minimum Gasteiger partial charge on any atom is -0.386 e. The molecule has 0 bridgehead atoms. The standard InChI is InChI=1S/C37H38ClN5O4/c1-41(31-9-4-25(19-39)34(38)18-31)29-10-5-28(6-11-29)40-35(44)24-2-7-30(8-3-24)43-14-12-23(13-15-43)20-42-21-26-16-32-33(17-27(26)22-42)37(46)47-36(32)45/h2-4,7-9,16-18,23,28-29H,5-6,10-15,20-22H2,1H3,(H,40,44). The molecule has 3 aromatic rings. The molecule has 0 radical (unpaired) electrons. The molecular weight excluding hydrogens is 614 g/mol. The van der Waals surface area contributed by atoms with Crippen LogP contribution in [0.5, 0.6) is 0 Å². The first kappa shape index (κ1) is 31.2. The van der Waals surface area contributed by atoms with E-state index in [1.165, 1.54) is 0 Å². The summed E-state index contributed by atoms with van der Waals surface area (Å²) in [6.45, 7) is 4.52. The Morgan fingerprint density at radius 1 is 0.936 bits per heavy atom. The van der Waals surface area contributed by atoms with Gasteiger partial charge in [0.05, 0.1) is 21.7 Å². The number of piperidine rings is 1. The van der Waals surface area contributed by atoms with Crippen molar-refractivity contribution in [2.75, 3.05) is 36.5 Å². The molecule has 0 atom stereocenters. The fourth-order valence-corrected chi connectivity index (χ4v) is 7.86. The summed E-state index contributed by atoms with van der Waals surface area (Å²) in [5.41, 5.74) is 6.33. The molecular formula is C37H38ClN5O4. The molecule has 1 saturated carbocycles. The maximum atomic E-state index is 13.1. The summed E-state index contributed by atoms with van der Waals surface area (Å²) >= 11 is 6.25. The third kappa shape index (κ3) is 6.45. The van der Waals surface area contributed by atoms with Crippen molar-refractivity contribution in [3.63, 3.8) is 0 Å². The van der Waals surface area contributed by atoms with Gasteiger partial charge in [-0.2, -0.15) is 5.26 Å². The van der Waals surface area contributed by atoms with Crippen molar-refractivity contribution in [3.8, 4) is 6.07 Å². The normalized spacial score (nSPS) is 21.2. The van der Waals surface area contributed by atoms with Crippen LogP contribution in [0.2, 0.25) is 5.02 Å². The second-order valence-electron chi connectivity index (χ2n) is 13.4. The number of rotatable bonds is 7. The van der Waals surface area contributed by atoms with Crippen LogP contribution in [-0.4, -0.2) is 61.5 Å². The van der Waals surface area contributed by atoms with Gasteiger partial charge in [-0.25, -0.2) is 9.59 Å². The van der Waals surface area contributed by atoms with Crippen molar-refractivity contribution in [1.29, 1.82) is 5.26 Å². The van der Waals surface area contributed by atoms with Gasteiger partial charge in [0.2, 0.25) is 0 Å². The quantitative estimate of drug-likeness (QED) is 0.248. The van der Waals surface area contributed by atoms with Gasteiger partial charge < -0.3 is 19.9 Å². The molecule has 3 aromatic carbocycles. The molecule has 2 fully saturated rings. The van der Waals surface area contributed by atoms with Crippen molar-refractivity contribution in [3.05, 3.63) is 93.0 Å². The molecule has 0 aromatic heterocycles. The number of hydrogen-bond donors (Lipinski definition) is 1. The number of esters is 2. The summed E-state index contributed by atoms with van der Waals surface area (Å²) in [5.74, 6) is -0.519. The maximum absolute atomic E-state index is 13.1. The third-order valence-corrected chi connectivity index (χ3v) is 10.8. The number of ether oxygens (including phenoxy) is 1. The second-order valence-corrected chi connectivity index (χ2v) is 13.8. The fraction of sp³-hybridized carbons (Fsp3) is 0.405. The van der Waals surface area contributed by atoms with E-state index in [0.717, 1.165) is 93.8 Å². The van der Waals surface area contributed by atoms with Gasteiger partial charge in [-0.3, -0.25) is 9.69 Å². The highest BCUT2D eigenvalue weighted by Gasteiger charge is 2.34. The van der Waals surface area contributed by atoms with E-state index in [2.05, 4.69) is 45.3 Å². The summed E-state index contributed by atoms with van der Waals surface area (Å²) in [6, 6.07) is 19.8. The van der Waals surface area contributed by atoms with E-state index in [1.807, 2.05) is 36.4 Å². The zero-order chi connectivity index (χ0) is 32.7. The van der Waals surface area contributed by atoms with E-state index in [9.17, 15) is 14.4 Å². The van der Waals surface area contributed by atoms with Crippen LogP contribution in [0, 0.1) is 17.2 Å². The van der Waals surface area contributed by atoms with Gasteiger partial charge in [0.25, 0.3) is 5.91 Å². The predicted octanol–water partition coefficient (Wildman–Crippen LogP) is 5.93. The van der Waals surface area contributed by atoms with Crippen LogP contribution in [0.1, 0.15) is 86.3 Å². The molecule has 1 N–H and O–H groups in total. The molecule has 3 heterocycles. The van der Waals surface area contributed by atoms with E-state index in [4.69, 9.17) is 21.6 Å². The van der Waals surface area contributed by atoms with Crippen molar-refractivity contribution in [1.82, 2.24) is 10.2 Å². The Balaban J connectivity index is 0.853. The Hall–Kier alpha value is -4.39. The number of fused-ring (bicyclic) bond motifs is 2. The van der Waals surface area contributed by atoms with Gasteiger partial charge >= 0.3 is 11.9 Å². The van der Waals surface area contributed by atoms with E-state index < -0.39 is 11.9 Å². The molecule has 47 heavy (non-hydrogen) atoms. The summed E-state index contributed by atoms with van der Waals surface area (Å²) in [4.78, 5) is 44.0. The zero-order valence-electron chi connectivity index (χ0n) is 26.5. The lowest BCUT2D eigenvalue weighted by molar-refractivity contribution is 0.0443. The Labute approximate surface area is 280 Å². The molecule has 242 valence electrons. The highest BCUT2D eigenvalue weighted by atomic mass is 35.5. The molecule has 1 aliphatic carbocycles. The van der Waals surface area contributed by atoms with Crippen molar-refractivity contribution >= 4 is 40.8 Å². The smallest absolute Gasteiger partial charge is 0.346 e. The average Bonchev–Trinajstić information content (AvgIpc) is 3.61. The summed E-state index contributed by atoms with van der Waals surface area (Å²) in [6.07, 6.45) is 5.95. The number of hydrogen-bond acceptors (Lipinski definition) is 8. The van der Waals surface area contributed by atoms with Crippen LogP contribution < -0.4 is 15.1 Å². The molecule has 3 aliphatic heterocycles. The Kier molecular flexibility index (Phi) is 8.65. The molecule has 7 rings (SSSR count). The summed E-state index contributed by atoms with van der Waals surface area (Å²) < 4.78 is 4.76. The number of cyclic esters (lactones) is 2. The van der Waals surface area contributed by atoms with Gasteiger partial charge in [0.1, 0.15) is 6.07 Å². The molecule has 1 saturated heterocycles. The van der Waals surface area contributed by atoms with E-state index in [1.54, 1.807) is 6.07 Å². The van der Waals surface area contributed by atoms with Crippen molar-refractivity contribution in [2.45, 2.75) is 63.7 Å². The number of anilines is 2. The van der Waals surface area contributed by atoms with Crippen LogP contribution in [0.15, 0.2) is 54.6 Å². The predicted molar refractivity (Wildman–Crippen MR) is 180 cm³/mol. The lowest BCUT2D eigenvalue weighted by Gasteiger charge is -2.36. The Bertz CT molecular complexity index is 1710. The van der Waals surface area contributed by atoms with Crippen molar-refractivity contribution < 1.29 is 19.1 Å². The molecule has 4 aliphatic rings. The Morgan fingerprint density at radius 3 is 2.17 bits per heavy atom. The first-order chi connectivity index (χ1) is 22.7.